The van der Waals surface area contributed by atoms with Crippen LogP contribution in [0.3, 0.4) is 0 Å². The predicted molar refractivity (Wildman–Crippen MR) is 90.4 cm³/mol. The highest BCUT2D eigenvalue weighted by molar-refractivity contribution is 6.33. The number of carbonyl (C=O) groups excluding carboxylic acids is 1. The third-order valence-corrected chi connectivity index (χ3v) is 3.90. The van der Waals surface area contributed by atoms with E-state index in [0.717, 1.165) is 11.1 Å². The van der Waals surface area contributed by atoms with Gasteiger partial charge in [-0.2, -0.15) is 4.80 Å². The molecule has 0 spiro atoms. The van der Waals surface area contributed by atoms with Gasteiger partial charge in [-0.05, 0) is 42.5 Å². The van der Waals surface area contributed by atoms with E-state index < -0.39 is 0 Å². The fourth-order valence-corrected chi connectivity index (χ4v) is 2.55. The lowest BCUT2D eigenvalue weighted by Gasteiger charge is -2.09. The average molecular weight is 343 g/mol. The molecule has 0 saturated heterocycles. The Morgan fingerprint density at radius 1 is 1.25 bits per heavy atom. The molecule has 122 valence electrons. The molecule has 0 bridgehead atoms. The van der Waals surface area contributed by atoms with Gasteiger partial charge in [0.2, 0.25) is 5.82 Å². The molecule has 1 aromatic heterocycles. The molecule has 0 unspecified atom stereocenters. The van der Waals surface area contributed by atoms with Gasteiger partial charge in [0.1, 0.15) is 5.75 Å². The third kappa shape index (κ3) is 3.28. The summed E-state index contributed by atoms with van der Waals surface area (Å²) in [4.78, 5) is 13.0. The minimum atomic E-state index is -0.0118. The summed E-state index contributed by atoms with van der Waals surface area (Å²) in [6.07, 6.45) is 0. The van der Waals surface area contributed by atoms with Crippen LogP contribution in [0.15, 0.2) is 42.5 Å². The maximum absolute atomic E-state index is 11.6. The van der Waals surface area contributed by atoms with E-state index in [2.05, 4.69) is 15.4 Å². The first-order valence-corrected chi connectivity index (χ1v) is 7.67. The highest BCUT2D eigenvalue weighted by Gasteiger charge is 2.12. The topological polar surface area (TPSA) is 69.9 Å². The fourth-order valence-electron chi connectivity index (χ4n) is 2.33. The van der Waals surface area contributed by atoms with Crippen LogP contribution in [0.25, 0.3) is 11.4 Å². The molecule has 0 fully saturated rings. The zero-order valence-corrected chi connectivity index (χ0v) is 14.0. The number of benzene rings is 2. The highest BCUT2D eigenvalue weighted by Crippen LogP contribution is 2.24. The van der Waals surface area contributed by atoms with Crippen LogP contribution in [-0.2, 0) is 6.54 Å². The van der Waals surface area contributed by atoms with E-state index >= 15 is 0 Å². The van der Waals surface area contributed by atoms with Gasteiger partial charge in [0.15, 0.2) is 5.78 Å². The summed E-state index contributed by atoms with van der Waals surface area (Å²) >= 11 is 6.16. The number of hydrogen-bond donors (Lipinski definition) is 0. The normalized spacial score (nSPS) is 10.6. The second kappa shape index (κ2) is 6.80. The number of aromatic nitrogens is 4. The van der Waals surface area contributed by atoms with Crippen LogP contribution in [0.4, 0.5) is 0 Å². The van der Waals surface area contributed by atoms with Gasteiger partial charge in [-0.3, -0.25) is 4.79 Å². The molecule has 0 N–H and O–H groups in total. The Hall–Kier alpha value is -2.73. The molecule has 7 heteroatoms. The van der Waals surface area contributed by atoms with Crippen molar-refractivity contribution in [3.05, 3.63) is 58.6 Å². The first-order valence-electron chi connectivity index (χ1n) is 7.29. The second-order valence-corrected chi connectivity index (χ2v) is 5.61. The summed E-state index contributed by atoms with van der Waals surface area (Å²) in [5, 5.41) is 13.0. The van der Waals surface area contributed by atoms with Crippen LogP contribution >= 0.6 is 11.6 Å². The van der Waals surface area contributed by atoms with Gasteiger partial charge < -0.3 is 4.74 Å². The van der Waals surface area contributed by atoms with E-state index in [1.807, 2.05) is 18.2 Å². The van der Waals surface area contributed by atoms with Gasteiger partial charge in [-0.15, -0.1) is 10.2 Å². The van der Waals surface area contributed by atoms with Gasteiger partial charge in [0, 0.05) is 16.7 Å². The van der Waals surface area contributed by atoms with E-state index in [9.17, 15) is 4.79 Å². The number of methoxy groups -OCH3 is 1. The number of halogens is 1. The smallest absolute Gasteiger partial charge is 0.206 e. The standard InChI is InChI=1S/C17H15ClN4O2/c1-11(23)12-7-8-16(24-2)13(9-12)10-22-20-17(19-21-22)14-5-3-4-6-15(14)18/h3-9H,10H2,1-2H3. The fraction of sp³-hybridized carbons (Fsp3) is 0.176. The average Bonchev–Trinajstić information content (AvgIpc) is 3.03. The molecule has 0 saturated carbocycles. The Balaban J connectivity index is 1.91. The number of tetrazole rings is 1. The van der Waals surface area contributed by atoms with E-state index in [4.69, 9.17) is 16.3 Å². The first kappa shape index (κ1) is 16.1. The lowest BCUT2D eigenvalue weighted by molar-refractivity contribution is 0.101. The van der Waals surface area contributed by atoms with Gasteiger partial charge in [0.25, 0.3) is 0 Å². The molecule has 0 amide bonds. The van der Waals surface area contributed by atoms with Crippen molar-refractivity contribution >= 4 is 17.4 Å². The number of Topliss-reactive ketones (excluding diaryl/α,β-unsaturated/α-hetero) is 1. The number of ether oxygens (including phenoxy) is 1. The Morgan fingerprint density at radius 2 is 2.04 bits per heavy atom. The minimum Gasteiger partial charge on any atom is -0.496 e. The Morgan fingerprint density at radius 3 is 2.75 bits per heavy atom. The van der Waals surface area contributed by atoms with Crippen molar-refractivity contribution in [2.24, 2.45) is 0 Å². The summed E-state index contributed by atoms with van der Waals surface area (Å²) in [5.74, 6) is 1.10. The molecule has 0 atom stereocenters. The van der Waals surface area contributed by atoms with Gasteiger partial charge in [0.05, 0.1) is 18.7 Å². The minimum absolute atomic E-state index is 0.0118. The van der Waals surface area contributed by atoms with Crippen LogP contribution in [0.2, 0.25) is 5.02 Å². The van der Waals surface area contributed by atoms with E-state index in [0.29, 0.717) is 28.7 Å². The van der Waals surface area contributed by atoms with Crippen LogP contribution < -0.4 is 4.74 Å². The van der Waals surface area contributed by atoms with Gasteiger partial charge in [-0.25, -0.2) is 0 Å². The maximum Gasteiger partial charge on any atom is 0.206 e. The number of ketones is 1. The lowest BCUT2D eigenvalue weighted by atomic mass is 10.1. The molecular weight excluding hydrogens is 328 g/mol. The number of carbonyl (C=O) groups is 1. The Labute approximate surface area is 144 Å². The van der Waals surface area contributed by atoms with Gasteiger partial charge >= 0.3 is 0 Å². The number of nitrogens with zero attached hydrogens (tertiary/aromatic N) is 4. The summed E-state index contributed by atoms with van der Waals surface area (Å²) < 4.78 is 5.34. The molecule has 0 aliphatic carbocycles. The van der Waals surface area contributed by atoms with Crippen molar-refractivity contribution in [3.8, 4) is 17.1 Å². The van der Waals surface area contributed by atoms with Crippen molar-refractivity contribution < 1.29 is 9.53 Å². The molecule has 1 heterocycles. The number of rotatable bonds is 5. The molecule has 24 heavy (non-hydrogen) atoms. The SMILES string of the molecule is COc1ccc(C(C)=O)cc1Cn1nnc(-c2ccccc2Cl)n1. The van der Waals surface area contributed by atoms with Crippen molar-refractivity contribution in [2.45, 2.75) is 13.5 Å². The largest absolute Gasteiger partial charge is 0.496 e. The van der Waals surface area contributed by atoms with Crippen molar-refractivity contribution in [2.75, 3.05) is 7.11 Å². The van der Waals surface area contributed by atoms with Crippen LogP contribution in [-0.4, -0.2) is 33.1 Å². The van der Waals surface area contributed by atoms with Gasteiger partial charge in [-0.1, -0.05) is 23.7 Å². The summed E-state index contributed by atoms with van der Waals surface area (Å²) in [5.41, 5.74) is 2.13. The van der Waals surface area contributed by atoms with Crippen molar-refractivity contribution in [3.63, 3.8) is 0 Å². The Kier molecular flexibility index (Phi) is 4.57. The van der Waals surface area contributed by atoms with E-state index in [1.165, 1.54) is 11.7 Å². The zero-order chi connectivity index (χ0) is 17.1. The third-order valence-electron chi connectivity index (χ3n) is 3.57. The summed E-state index contributed by atoms with van der Waals surface area (Å²) in [6.45, 7) is 1.86. The monoisotopic (exact) mass is 342 g/mol. The molecule has 2 aromatic carbocycles. The maximum atomic E-state index is 11.6. The Bertz CT molecular complexity index is 892. The van der Waals surface area contributed by atoms with E-state index in [-0.39, 0.29) is 5.78 Å². The molecular formula is C17H15ClN4O2. The molecule has 0 radical (unpaired) electrons. The molecule has 3 rings (SSSR count). The predicted octanol–water partition coefficient (Wildman–Crippen LogP) is 3.25. The van der Waals surface area contributed by atoms with Crippen LogP contribution in [0, 0.1) is 0 Å². The van der Waals surface area contributed by atoms with Crippen LogP contribution in [0.5, 0.6) is 5.75 Å². The van der Waals surface area contributed by atoms with Crippen molar-refractivity contribution in [1.82, 2.24) is 20.2 Å². The quantitative estimate of drug-likeness (QED) is 0.666. The number of hydrogen-bond acceptors (Lipinski definition) is 5. The highest BCUT2D eigenvalue weighted by atomic mass is 35.5. The lowest BCUT2D eigenvalue weighted by Crippen LogP contribution is -2.07. The molecule has 0 aliphatic heterocycles. The molecule has 0 aliphatic rings. The van der Waals surface area contributed by atoms with E-state index in [1.54, 1.807) is 31.4 Å². The summed E-state index contributed by atoms with van der Waals surface area (Å²) in [6, 6.07) is 12.6. The van der Waals surface area contributed by atoms with Crippen LogP contribution in [0.1, 0.15) is 22.8 Å². The second-order valence-electron chi connectivity index (χ2n) is 5.21. The first-order chi connectivity index (χ1) is 11.6. The van der Waals surface area contributed by atoms with Crippen molar-refractivity contribution in [1.29, 1.82) is 0 Å². The molecule has 6 nitrogen and oxygen atoms in total. The summed E-state index contributed by atoms with van der Waals surface area (Å²) in [7, 11) is 1.58. The zero-order valence-electron chi connectivity index (χ0n) is 13.2. The molecule has 3 aromatic rings.